The molecule has 0 bridgehead atoms. The molecule has 3 aromatic carbocycles. The largest absolute Gasteiger partial charge is 0.349 e. The van der Waals surface area contributed by atoms with E-state index in [0.29, 0.717) is 5.56 Å². The number of halogens is 2. The zero-order chi connectivity index (χ0) is 23.6. The summed E-state index contributed by atoms with van der Waals surface area (Å²) in [5, 5.41) is 2.95. The fourth-order valence-electron chi connectivity index (χ4n) is 3.37. The van der Waals surface area contributed by atoms with Crippen molar-refractivity contribution in [3.63, 3.8) is 0 Å². The smallest absolute Gasteiger partial charge is 0.264 e. The minimum absolute atomic E-state index is 0.102. The highest BCUT2D eigenvalue weighted by Crippen LogP contribution is 2.22. The third kappa shape index (κ3) is 5.15. The van der Waals surface area contributed by atoms with E-state index < -0.39 is 20.7 Å². The van der Waals surface area contributed by atoms with Crippen molar-refractivity contribution in [3.05, 3.63) is 89.0 Å². The van der Waals surface area contributed by atoms with Crippen LogP contribution in [0.2, 0.25) is 5.02 Å². The number of anilines is 1. The van der Waals surface area contributed by atoms with Crippen molar-refractivity contribution < 1.29 is 17.6 Å². The van der Waals surface area contributed by atoms with Gasteiger partial charge in [0.15, 0.2) is 0 Å². The molecular weight excluding hydrogens is 467 g/mol. The van der Waals surface area contributed by atoms with Crippen LogP contribution in [-0.4, -0.2) is 23.9 Å². The second kappa shape index (κ2) is 9.21. The molecule has 1 aromatic heterocycles. The molecular formula is C23H20ClFN4O3S. The van der Waals surface area contributed by atoms with Gasteiger partial charge in [-0.1, -0.05) is 35.9 Å². The lowest BCUT2D eigenvalue weighted by molar-refractivity contribution is -0.120. The van der Waals surface area contributed by atoms with Gasteiger partial charge in [-0.2, -0.15) is 0 Å². The number of benzene rings is 3. The standard InChI is InChI=1S/C23H20ClFN4O3S/c1-29-20-5-3-2-4-19(20)27-22(29)14-26-23(30)12-15-6-9-17(10-7-15)28-33(31,32)21-11-8-16(24)13-18(21)25/h2-11,13,28H,12,14H2,1H3,(H,26,30). The van der Waals surface area contributed by atoms with Crippen LogP contribution in [0.25, 0.3) is 11.0 Å². The van der Waals surface area contributed by atoms with Crippen molar-refractivity contribution >= 4 is 44.3 Å². The van der Waals surface area contributed by atoms with Crippen LogP contribution in [0.3, 0.4) is 0 Å². The Morgan fingerprint density at radius 1 is 1.09 bits per heavy atom. The number of aryl methyl sites for hydroxylation is 1. The predicted molar refractivity (Wildman–Crippen MR) is 125 cm³/mol. The Hall–Kier alpha value is -3.43. The van der Waals surface area contributed by atoms with Crippen molar-refractivity contribution in [1.29, 1.82) is 0 Å². The number of hydrogen-bond donors (Lipinski definition) is 2. The van der Waals surface area contributed by atoms with Gasteiger partial charge < -0.3 is 9.88 Å². The molecule has 0 aliphatic heterocycles. The summed E-state index contributed by atoms with van der Waals surface area (Å²) in [6.07, 6.45) is 0.114. The highest BCUT2D eigenvalue weighted by Gasteiger charge is 2.19. The van der Waals surface area contributed by atoms with Gasteiger partial charge in [0.05, 0.1) is 24.0 Å². The number of nitrogens with zero attached hydrogens (tertiary/aromatic N) is 2. The van der Waals surface area contributed by atoms with E-state index in [1.54, 1.807) is 12.1 Å². The highest BCUT2D eigenvalue weighted by atomic mass is 35.5. The van der Waals surface area contributed by atoms with Crippen LogP contribution in [0.4, 0.5) is 10.1 Å². The number of rotatable bonds is 7. The summed E-state index contributed by atoms with van der Waals surface area (Å²) in [6.45, 7) is 0.286. The van der Waals surface area contributed by atoms with E-state index in [1.807, 2.05) is 35.9 Å². The molecule has 170 valence electrons. The number of carbonyl (C=O) groups is 1. The maximum atomic E-state index is 14.0. The molecule has 0 saturated carbocycles. The van der Waals surface area contributed by atoms with Crippen molar-refractivity contribution in [3.8, 4) is 0 Å². The van der Waals surface area contributed by atoms with E-state index in [2.05, 4.69) is 15.0 Å². The number of para-hydroxylation sites is 2. The lowest BCUT2D eigenvalue weighted by Gasteiger charge is -2.10. The second-order valence-corrected chi connectivity index (χ2v) is 9.49. The van der Waals surface area contributed by atoms with E-state index in [-0.39, 0.29) is 29.6 Å². The van der Waals surface area contributed by atoms with Crippen LogP contribution in [0.1, 0.15) is 11.4 Å². The van der Waals surface area contributed by atoms with E-state index in [1.165, 1.54) is 18.2 Å². The molecule has 4 rings (SSSR count). The molecule has 0 unspecified atom stereocenters. The Kier molecular flexibility index (Phi) is 6.35. The summed E-state index contributed by atoms with van der Waals surface area (Å²) in [4.78, 5) is 16.4. The van der Waals surface area contributed by atoms with Crippen LogP contribution < -0.4 is 10.0 Å². The van der Waals surface area contributed by atoms with Crippen LogP contribution >= 0.6 is 11.6 Å². The predicted octanol–water partition coefficient (Wildman–Crippen LogP) is 4.03. The fraction of sp³-hybridized carbons (Fsp3) is 0.130. The van der Waals surface area contributed by atoms with E-state index >= 15 is 0 Å². The summed E-state index contributed by atoms with van der Waals surface area (Å²) < 4.78 is 43.1. The summed E-state index contributed by atoms with van der Waals surface area (Å²) in [5.74, 6) is -0.397. The molecule has 10 heteroatoms. The molecule has 1 heterocycles. The van der Waals surface area contributed by atoms with Gasteiger partial charge in [-0.25, -0.2) is 17.8 Å². The lowest BCUT2D eigenvalue weighted by atomic mass is 10.1. The lowest BCUT2D eigenvalue weighted by Crippen LogP contribution is -2.26. The average molecular weight is 487 g/mol. The molecule has 0 atom stereocenters. The molecule has 0 radical (unpaired) electrons. The van der Waals surface area contributed by atoms with Gasteiger partial charge in [0.25, 0.3) is 10.0 Å². The number of nitrogens with one attached hydrogen (secondary N) is 2. The Labute approximate surface area is 195 Å². The number of amides is 1. The molecule has 33 heavy (non-hydrogen) atoms. The molecule has 0 saturated heterocycles. The summed E-state index contributed by atoms with van der Waals surface area (Å²) >= 11 is 5.68. The first kappa shape index (κ1) is 22.8. The molecule has 4 aromatic rings. The maximum Gasteiger partial charge on any atom is 0.264 e. The zero-order valence-corrected chi connectivity index (χ0v) is 19.1. The Balaban J connectivity index is 1.37. The Bertz CT molecular complexity index is 1440. The third-order valence-corrected chi connectivity index (χ3v) is 6.73. The third-order valence-electron chi connectivity index (χ3n) is 5.08. The fourth-order valence-corrected chi connectivity index (χ4v) is 4.65. The number of sulfonamides is 1. The number of hydrogen-bond acceptors (Lipinski definition) is 4. The first-order chi connectivity index (χ1) is 15.7. The number of imidazole rings is 1. The van der Waals surface area contributed by atoms with Crippen molar-refractivity contribution in [2.75, 3.05) is 4.72 Å². The normalized spacial score (nSPS) is 11.5. The van der Waals surface area contributed by atoms with Crippen LogP contribution in [0.5, 0.6) is 0 Å². The van der Waals surface area contributed by atoms with Crippen molar-refractivity contribution in [2.45, 2.75) is 17.9 Å². The first-order valence-electron chi connectivity index (χ1n) is 9.97. The number of aromatic nitrogens is 2. The van der Waals surface area contributed by atoms with Crippen LogP contribution in [-0.2, 0) is 34.8 Å². The monoisotopic (exact) mass is 486 g/mol. The summed E-state index contributed by atoms with van der Waals surface area (Å²) in [5.41, 5.74) is 2.78. The molecule has 7 nitrogen and oxygen atoms in total. The number of fused-ring (bicyclic) bond motifs is 1. The minimum Gasteiger partial charge on any atom is -0.349 e. The summed E-state index contributed by atoms with van der Waals surface area (Å²) in [7, 11) is -2.23. The van der Waals surface area contributed by atoms with Crippen molar-refractivity contribution in [1.82, 2.24) is 14.9 Å². The van der Waals surface area contributed by atoms with Gasteiger partial charge in [0, 0.05) is 17.8 Å². The van der Waals surface area contributed by atoms with Gasteiger partial charge in [-0.15, -0.1) is 0 Å². The van der Waals surface area contributed by atoms with E-state index in [0.717, 1.165) is 29.0 Å². The van der Waals surface area contributed by atoms with Gasteiger partial charge in [-0.05, 0) is 48.0 Å². The summed E-state index contributed by atoms with van der Waals surface area (Å²) in [6, 6.07) is 17.3. The second-order valence-electron chi connectivity index (χ2n) is 7.41. The van der Waals surface area contributed by atoms with Gasteiger partial charge in [-0.3, -0.25) is 9.52 Å². The van der Waals surface area contributed by atoms with Crippen LogP contribution in [0.15, 0.2) is 71.6 Å². The molecule has 0 aliphatic rings. The van der Waals surface area contributed by atoms with Crippen LogP contribution in [0, 0.1) is 5.82 Å². The average Bonchev–Trinajstić information content (AvgIpc) is 3.09. The molecule has 0 fully saturated rings. The number of carbonyl (C=O) groups excluding carboxylic acids is 1. The van der Waals surface area contributed by atoms with Crippen molar-refractivity contribution in [2.24, 2.45) is 7.05 Å². The Morgan fingerprint density at radius 3 is 2.52 bits per heavy atom. The molecule has 1 amide bonds. The highest BCUT2D eigenvalue weighted by molar-refractivity contribution is 7.92. The van der Waals surface area contributed by atoms with Gasteiger partial charge >= 0.3 is 0 Å². The zero-order valence-electron chi connectivity index (χ0n) is 17.5. The first-order valence-corrected chi connectivity index (χ1v) is 11.8. The van der Waals surface area contributed by atoms with E-state index in [4.69, 9.17) is 11.6 Å². The van der Waals surface area contributed by atoms with E-state index in [9.17, 15) is 17.6 Å². The molecule has 2 N–H and O–H groups in total. The minimum atomic E-state index is -4.12. The maximum absolute atomic E-state index is 14.0. The van der Waals surface area contributed by atoms with Gasteiger partial charge in [0.1, 0.15) is 16.5 Å². The Morgan fingerprint density at radius 2 is 1.82 bits per heavy atom. The topological polar surface area (TPSA) is 93.1 Å². The van der Waals surface area contributed by atoms with Gasteiger partial charge in [0.2, 0.25) is 5.91 Å². The SMILES string of the molecule is Cn1c(CNC(=O)Cc2ccc(NS(=O)(=O)c3ccc(Cl)cc3F)cc2)nc2ccccc21. The quantitative estimate of drug-likeness (QED) is 0.412. The molecule has 0 aliphatic carbocycles. The molecule has 0 spiro atoms.